The van der Waals surface area contributed by atoms with Gasteiger partial charge in [0, 0.05) is 16.1 Å². The molecule has 1 unspecified atom stereocenters. The summed E-state index contributed by atoms with van der Waals surface area (Å²) in [6.45, 7) is 1.76. The molecule has 31 heavy (non-hydrogen) atoms. The lowest BCUT2D eigenvalue weighted by Crippen LogP contribution is -2.15. The number of alkyl halides is 3. The van der Waals surface area contributed by atoms with E-state index in [-0.39, 0.29) is 15.7 Å². The van der Waals surface area contributed by atoms with Gasteiger partial charge in [0.25, 0.3) is 0 Å². The van der Waals surface area contributed by atoms with Gasteiger partial charge in [0.05, 0.1) is 22.7 Å². The van der Waals surface area contributed by atoms with Gasteiger partial charge in [0.1, 0.15) is 24.5 Å². The van der Waals surface area contributed by atoms with Gasteiger partial charge in [-0.25, -0.2) is 19.9 Å². The molecule has 4 aromatic rings. The molecule has 0 aliphatic rings. The van der Waals surface area contributed by atoms with E-state index in [0.717, 1.165) is 12.1 Å². The number of pyridine rings is 1. The summed E-state index contributed by atoms with van der Waals surface area (Å²) in [7, 11) is 0. The number of nitriles is 1. The number of aromatic nitrogens is 6. The molecule has 3 aromatic heterocycles. The predicted octanol–water partition coefficient (Wildman–Crippen LogP) is 4.43. The molecule has 0 bridgehead atoms. The monoisotopic (exact) mass is 488 g/mol. The first-order valence-electron chi connectivity index (χ1n) is 8.82. The number of nitrogens with zero attached hydrogens (tertiary/aromatic N) is 7. The van der Waals surface area contributed by atoms with Crippen molar-refractivity contribution in [2.75, 3.05) is 5.32 Å². The van der Waals surface area contributed by atoms with Gasteiger partial charge in [-0.15, -0.1) is 0 Å². The molecule has 12 heteroatoms. The molecule has 4 rings (SSSR count). The molecule has 156 valence electrons. The van der Waals surface area contributed by atoms with E-state index in [2.05, 4.69) is 46.3 Å². The average molecular weight is 489 g/mol. The third-order valence-corrected chi connectivity index (χ3v) is 5.03. The second-order valence-corrected chi connectivity index (χ2v) is 7.34. The number of rotatable bonds is 4. The lowest BCUT2D eigenvalue weighted by Gasteiger charge is -2.17. The minimum absolute atomic E-state index is 0.207. The standard InChI is InChI=1S/C19H12BrF3N8/c1-10(18-28-9-29-31(18)15-3-2-11(6-24)7-25-15)30-17-13-4-12(19(21,22)23)5-14(20)16(13)26-8-27-17/h2-5,7-10H,1H3,(H,26,27,30). The minimum atomic E-state index is -4.52. The highest BCUT2D eigenvalue weighted by Crippen LogP contribution is 2.36. The Kier molecular flexibility index (Phi) is 5.28. The molecule has 1 aromatic carbocycles. The summed E-state index contributed by atoms with van der Waals surface area (Å²) in [5, 5.41) is 16.4. The van der Waals surface area contributed by atoms with Crippen molar-refractivity contribution in [2.45, 2.75) is 19.1 Å². The summed E-state index contributed by atoms with van der Waals surface area (Å²) >= 11 is 3.16. The molecule has 0 spiro atoms. The second kappa shape index (κ2) is 7.92. The summed E-state index contributed by atoms with van der Waals surface area (Å²) in [6, 6.07) is 6.70. The van der Waals surface area contributed by atoms with Crippen LogP contribution in [-0.2, 0) is 6.18 Å². The van der Waals surface area contributed by atoms with Crippen LogP contribution in [0.1, 0.15) is 29.9 Å². The molecule has 3 heterocycles. The molecule has 0 saturated carbocycles. The van der Waals surface area contributed by atoms with Crippen LogP contribution in [0.15, 0.2) is 47.6 Å². The Morgan fingerprint density at radius 3 is 2.61 bits per heavy atom. The van der Waals surface area contributed by atoms with Crippen molar-refractivity contribution >= 4 is 32.7 Å². The normalized spacial score (nSPS) is 12.5. The fourth-order valence-corrected chi connectivity index (χ4v) is 3.54. The molecular formula is C19H12BrF3N8. The van der Waals surface area contributed by atoms with Crippen LogP contribution in [0.4, 0.5) is 19.0 Å². The number of anilines is 1. The summed E-state index contributed by atoms with van der Waals surface area (Å²) in [4.78, 5) is 16.6. The van der Waals surface area contributed by atoms with Gasteiger partial charge < -0.3 is 5.32 Å². The van der Waals surface area contributed by atoms with Gasteiger partial charge in [-0.1, -0.05) is 0 Å². The van der Waals surface area contributed by atoms with Crippen LogP contribution in [0, 0.1) is 11.3 Å². The quantitative estimate of drug-likeness (QED) is 0.452. The van der Waals surface area contributed by atoms with Crippen LogP contribution in [0.5, 0.6) is 0 Å². The number of halogens is 4. The Hall–Kier alpha value is -3.59. The van der Waals surface area contributed by atoms with E-state index < -0.39 is 17.8 Å². The van der Waals surface area contributed by atoms with Crippen molar-refractivity contribution in [3.63, 3.8) is 0 Å². The Bertz CT molecular complexity index is 1290. The first kappa shape index (κ1) is 20.7. The topological polar surface area (TPSA) is 105 Å². The minimum Gasteiger partial charge on any atom is -0.360 e. The summed E-state index contributed by atoms with van der Waals surface area (Å²) in [6.07, 6.45) is -0.504. The van der Waals surface area contributed by atoms with Gasteiger partial charge >= 0.3 is 6.18 Å². The SMILES string of the molecule is CC(Nc1ncnc2c(Br)cc(C(F)(F)F)cc12)c1ncnn1-c1ccc(C#N)cn1. The zero-order valence-corrected chi connectivity index (χ0v) is 17.3. The molecule has 0 radical (unpaired) electrons. The molecule has 0 aliphatic carbocycles. The number of benzene rings is 1. The third kappa shape index (κ3) is 4.04. The Labute approximate surface area is 181 Å². The highest BCUT2D eigenvalue weighted by atomic mass is 79.9. The maximum Gasteiger partial charge on any atom is 0.416 e. The lowest BCUT2D eigenvalue weighted by molar-refractivity contribution is -0.137. The fourth-order valence-electron chi connectivity index (χ4n) is 2.97. The van der Waals surface area contributed by atoms with Crippen LogP contribution in [0.3, 0.4) is 0 Å². The predicted molar refractivity (Wildman–Crippen MR) is 108 cm³/mol. The molecule has 0 aliphatic heterocycles. The highest BCUT2D eigenvalue weighted by molar-refractivity contribution is 9.10. The maximum atomic E-state index is 13.3. The fraction of sp³-hybridized carbons (Fsp3) is 0.158. The number of fused-ring (bicyclic) bond motifs is 1. The zero-order valence-electron chi connectivity index (χ0n) is 15.8. The highest BCUT2D eigenvalue weighted by Gasteiger charge is 2.32. The van der Waals surface area contributed by atoms with Crippen LogP contribution in [-0.4, -0.2) is 29.7 Å². The first-order chi connectivity index (χ1) is 14.8. The summed E-state index contributed by atoms with van der Waals surface area (Å²) in [5.41, 5.74) is -0.0784. The van der Waals surface area contributed by atoms with Gasteiger partial charge in [-0.3, -0.25) is 0 Å². The molecular weight excluding hydrogens is 477 g/mol. The van der Waals surface area contributed by atoms with E-state index in [0.29, 0.717) is 22.7 Å². The van der Waals surface area contributed by atoms with Crippen molar-refractivity contribution in [2.24, 2.45) is 0 Å². The van der Waals surface area contributed by atoms with Crippen molar-refractivity contribution in [1.29, 1.82) is 5.26 Å². The second-order valence-electron chi connectivity index (χ2n) is 6.49. The molecule has 0 amide bonds. The van der Waals surface area contributed by atoms with Crippen molar-refractivity contribution in [3.8, 4) is 11.9 Å². The maximum absolute atomic E-state index is 13.3. The number of nitrogens with one attached hydrogen (secondary N) is 1. The zero-order chi connectivity index (χ0) is 22.2. The largest absolute Gasteiger partial charge is 0.416 e. The summed E-state index contributed by atoms with van der Waals surface area (Å²) < 4.78 is 41.5. The van der Waals surface area contributed by atoms with Crippen LogP contribution >= 0.6 is 15.9 Å². The molecule has 0 saturated heterocycles. The van der Waals surface area contributed by atoms with Crippen molar-refractivity contribution < 1.29 is 13.2 Å². The summed E-state index contributed by atoms with van der Waals surface area (Å²) in [5.74, 6) is 1.11. The van der Waals surface area contributed by atoms with E-state index >= 15 is 0 Å². The Morgan fingerprint density at radius 2 is 1.94 bits per heavy atom. The molecule has 0 fully saturated rings. The van der Waals surface area contributed by atoms with Crippen molar-refractivity contribution in [1.82, 2.24) is 29.7 Å². The van der Waals surface area contributed by atoms with Crippen LogP contribution in [0.25, 0.3) is 16.7 Å². The molecule has 1 N–H and O–H groups in total. The number of hydrogen-bond donors (Lipinski definition) is 1. The van der Waals surface area contributed by atoms with E-state index in [1.165, 1.54) is 23.5 Å². The third-order valence-electron chi connectivity index (χ3n) is 4.43. The Balaban J connectivity index is 1.71. The van der Waals surface area contributed by atoms with Gasteiger partial charge in [0.15, 0.2) is 11.6 Å². The lowest BCUT2D eigenvalue weighted by atomic mass is 10.1. The van der Waals surface area contributed by atoms with E-state index in [4.69, 9.17) is 5.26 Å². The first-order valence-corrected chi connectivity index (χ1v) is 9.61. The van der Waals surface area contributed by atoms with E-state index in [9.17, 15) is 13.2 Å². The van der Waals surface area contributed by atoms with Gasteiger partial charge in [0.2, 0.25) is 0 Å². The number of hydrogen-bond acceptors (Lipinski definition) is 7. The van der Waals surface area contributed by atoms with E-state index in [1.54, 1.807) is 19.1 Å². The Morgan fingerprint density at radius 1 is 1.13 bits per heavy atom. The van der Waals surface area contributed by atoms with Crippen LogP contribution < -0.4 is 5.32 Å². The van der Waals surface area contributed by atoms with Gasteiger partial charge in [-0.05, 0) is 47.1 Å². The van der Waals surface area contributed by atoms with Crippen LogP contribution in [0.2, 0.25) is 0 Å². The van der Waals surface area contributed by atoms with E-state index in [1.807, 2.05) is 6.07 Å². The average Bonchev–Trinajstić information content (AvgIpc) is 3.23. The molecule has 8 nitrogen and oxygen atoms in total. The van der Waals surface area contributed by atoms with Crippen molar-refractivity contribution in [3.05, 3.63) is 64.5 Å². The molecule has 1 atom stereocenters. The smallest absolute Gasteiger partial charge is 0.360 e. The van der Waals surface area contributed by atoms with Gasteiger partial charge in [-0.2, -0.15) is 28.2 Å².